The number of carbonyl (C=O) groups is 1. The number of piperidine rings is 1. The van der Waals surface area contributed by atoms with E-state index >= 15 is 0 Å². The van der Waals surface area contributed by atoms with E-state index < -0.39 is 6.09 Å². The highest BCUT2D eigenvalue weighted by atomic mass is 19.1. The van der Waals surface area contributed by atoms with Gasteiger partial charge in [0.1, 0.15) is 11.9 Å². The van der Waals surface area contributed by atoms with E-state index in [2.05, 4.69) is 6.19 Å². The van der Waals surface area contributed by atoms with Crippen LogP contribution in [-0.2, 0) is 4.74 Å². The van der Waals surface area contributed by atoms with Crippen LogP contribution in [0.2, 0.25) is 0 Å². The van der Waals surface area contributed by atoms with Crippen molar-refractivity contribution >= 4 is 33.6 Å². The fourth-order valence-electron chi connectivity index (χ4n) is 3.84. The summed E-state index contributed by atoms with van der Waals surface area (Å²) in [6.45, 7) is 1.01. The van der Waals surface area contributed by atoms with Crippen LogP contribution >= 0.6 is 0 Å². The van der Waals surface area contributed by atoms with Crippen LogP contribution in [0, 0.1) is 17.3 Å². The number of nitriles is 1. The molecule has 1 aliphatic rings. The molecule has 7 heteroatoms. The normalized spacial score (nSPS) is 17.4. The van der Waals surface area contributed by atoms with Crippen LogP contribution in [0.25, 0.3) is 21.8 Å². The summed E-state index contributed by atoms with van der Waals surface area (Å²) in [5, 5.41) is 11.1. The predicted molar refractivity (Wildman–Crippen MR) is 96.3 cm³/mol. The third kappa shape index (κ3) is 2.51. The molecular formula is C19H17FN4O2. The molecule has 0 saturated carbocycles. The Labute approximate surface area is 149 Å². The summed E-state index contributed by atoms with van der Waals surface area (Å²) >= 11 is 0. The first-order valence-electron chi connectivity index (χ1n) is 8.43. The number of nitrogens with zero attached hydrogens (tertiary/aromatic N) is 3. The number of benzene rings is 2. The fourth-order valence-corrected chi connectivity index (χ4v) is 3.84. The molecule has 2 aromatic carbocycles. The largest absolute Gasteiger partial charge is 0.445 e. The first kappa shape index (κ1) is 16.2. The number of primary amides is 1. The summed E-state index contributed by atoms with van der Waals surface area (Å²) in [5.74, 6) is -0.363. The van der Waals surface area contributed by atoms with Gasteiger partial charge in [0.25, 0.3) is 0 Å². The van der Waals surface area contributed by atoms with Gasteiger partial charge >= 0.3 is 6.09 Å². The molecule has 4 rings (SSSR count). The second-order valence-electron chi connectivity index (χ2n) is 6.39. The summed E-state index contributed by atoms with van der Waals surface area (Å²) in [6, 6.07) is 10.4. The summed E-state index contributed by atoms with van der Waals surface area (Å²) in [6.07, 6.45) is 2.42. The van der Waals surface area contributed by atoms with E-state index in [-0.39, 0.29) is 11.9 Å². The smallest absolute Gasteiger partial charge is 0.404 e. The van der Waals surface area contributed by atoms with Crippen molar-refractivity contribution in [2.75, 3.05) is 18.0 Å². The Morgan fingerprint density at radius 3 is 2.85 bits per heavy atom. The zero-order valence-corrected chi connectivity index (χ0v) is 14.0. The number of hydrogen-bond acceptors (Lipinski definition) is 4. The van der Waals surface area contributed by atoms with Gasteiger partial charge in [0.05, 0.1) is 23.3 Å². The Hall–Kier alpha value is -3.27. The van der Waals surface area contributed by atoms with Gasteiger partial charge in [0.15, 0.2) is 6.19 Å². The molecule has 0 spiro atoms. The molecule has 1 aliphatic heterocycles. The highest BCUT2D eigenvalue weighted by Crippen LogP contribution is 2.38. The second kappa shape index (κ2) is 6.23. The summed E-state index contributed by atoms with van der Waals surface area (Å²) < 4.78 is 21.5. The highest BCUT2D eigenvalue weighted by molar-refractivity contribution is 6.14. The van der Waals surface area contributed by atoms with E-state index in [0.29, 0.717) is 36.1 Å². The molecule has 132 valence electrons. The molecule has 1 saturated heterocycles. The molecule has 6 nitrogen and oxygen atoms in total. The Morgan fingerprint density at radius 1 is 1.27 bits per heavy atom. The van der Waals surface area contributed by atoms with Crippen molar-refractivity contribution in [3.8, 4) is 6.19 Å². The van der Waals surface area contributed by atoms with Crippen molar-refractivity contribution < 1.29 is 13.9 Å². The number of amides is 1. The third-order valence-electron chi connectivity index (χ3n) is 4.84. The lowest BCUT2D eigenvalue weighted by atomic mass is 10.0. The van der Waals surface area contributed by atoms with Gasteiger partial charge < -0.3 is 15.4 Å². The minimum atomic E-state index is -0.823. The van der Waals surface area contributed by atoms with E-state index in [0.717, 1.165) is 17.3 Å². The van der Waals surface area contributed by atoms with Gasteiger partial charge in [-0.05, 0) is 31.0 Å². The summed E-state index contributed by atoms with van der Waals surface area (Å²) in [7, 11) is 0. The Kier molecular flexibility index (Phi) is 3.88. The highest BCUT2D eigenvalue weighted by Gasteiger charge is 2.27. The van der Waals surface area contributed by atoms with E-state index in [1.807, 2.05) is 29.2 Å². The monoisotopic (exact) mass is 352 g/mol. The minimum Gasteiger partial charge on any atom is -0.445 e. The molecule has 1 unspecified atom stereocenters. The van der Waals surface area contributed by atoms with Crippen molar-refractivity contribution in [1.29, 1.82) is 5.26 Å². The number of fused-ring (bicyclic) bond motifs is 3. The van der Waals surface area contributed by atoms with E-state index in [1.165, 1.54) is 10.6 Å². The molecule has 2 heterocycles. The first-order valence-corrected chi connectivity index (χ1v) is 8.43. The lowest BCUT2D eigenvalue weighted by molar-refractivity contribution is 0.0965. The predicted octanol–water partition coefficient (Wildman–Crippen LogP) is 3.33. The van der Waals surface area contributed by atoms with Crippen LogP contribution in [-0.4, -0.2) is 29.9 Å². The number of hydrogen-bond donors (Lipinski definition) is 1. The van der Waals surface area contributed by atoms with Gasteiger partial charge in [-0.15, -0.1) is 0 Å². The standard InChI is InChI=1S/C19H17FN4O2/c20-14-7-8-16-17(13-5-1-2-6-15(13)24(16)11-21)18(14)23-9-3-4-12(10-23)26-19(22)25/h1-2,5-8,12H,3-4,9-10H2,(H2,22,25). The van der Waals surface area contributed by atoms with Crippen LogP contribution in [0.15, 0.2) is 36.4 Å². The van der Waals surface area contributed by atoms with Gasteiger partial charge in [-0.2, -0.15) is 5.26 Å². The van der Waals surface area contributed by atoms with Gasteiger partial charge in [-0.1, -0.05) is 18.2 Å². The van der Waals surface area contributed by atoms with E-state index in [1.54, 1.807) is 6.07 Å². The van der Waals surface area contributed by atoms with E-state index in [9.17, 15) is 14.4 Å². The number of ether oxygens (including phenoxy) is 1. The van der Waals surface area contributed by atoms with Crippen molar-refractivity contribution in [1.82, 2.24) is 4.57 Å². The van der Waals surface area contributed by atoms with Crippen LogP contribution in [0.4, 0.5) is 14.9 Å². The number of nitrogens with two attached hydrogens (primary N) is 1. The topological polar surface area (TPSA) is 84.3 Å². The zero-order valence-electron chi connectivity index (χ0n) is 14.0. The molecule has 1 atom stereocenters. The molecular weight excluding hydrogens is 335 g/mol. The average molecular weight is 352 g/mol. The molecule has 0 aliphatic carbocycles. The number of carbonyl (C=O) groups excluding carboxylic acids is 1. The number of halogens is 1. The number of para-hydroxylation sites is 1. The maximum absolute atomic E-state index is 14.9. The Morgan fingerprint density at radius 2 is 2.08 bits per heavy atom. The van der Waals surface area contributed by atoms with Crippen LogP contribution in [0.5, 0.6) is 0 Å². The summed E-state index contributed by atoms with van der Waals surface area (Å²) in [5.41, 5.74) is 6.96. The molecule has 2 N–H and O–H groups in total. The number of anilines is 1. The quantitative estimate of drug-likeness (QED) is 0.767. The summed E-state index contributed by atoms with van der Waals surface area (Å²) in [4.78, 5) is 13.0. The van der Waals surface area contributed by atoms with Crippen molar-refractivity contribution in [2.24, 2.45) is 5.73 Å². The van der Waals surface area contributed by atoms with Crippen molar-refractivity contribution in [3.05, 3.63) is 42.2 Å². The fraction of sp³-hybridized carbons (Fsp3) is 0.263. The number of rotatable bonds is 2. The molecule has 0 radical (unpaired) electrons. The SMILES string of the molecule is N#Cn1c2ccccc2c2c(N3CCCC(OC(N)=O)C3)c(F)ccc21. The number of aromatic nitrogens is 1. The molecule has 1 fully saturated rings. The molecule has 0 bridgehead atoms. The Balaban J connectivity index is 1.91. The molecule has 26 heavy (non-hydrogen) atoms. The lowest BCUT2D eigenvalue weighted by Gasteiger charge is -2.34. The Bertz CT molecular complexity index is 1050. The maximum Gasteiger partial charge on any atom is 0.404 e. The van der Waals surface area contributed by atoms with E-state index in [4.69, 9.17) is 10.5 Å². The van der Waals surface area contributed by atoms with Gasteiger partial charge in [-0.3, -0.25) is 0 Å². The molecule has 1 amide bonds. The van der Waals surface area contributed by atoms with Crippen LogP contribution in [0.3, 0.4) is 0 Å². The van der Waals surface area contributed by atoms with Crippen LogP contribution < -0.4 is 10.6 Å². The first-order chi connectivity index (χ1) is 12.6. The van der Waals surface area contributed by atoms with Gasteiger partial charge in [0.2, 0.25) is 0 Å². The van der Waals surface area contributed by atoms with Gasteiger partial charge in [-0.25, -0.2) is 13.8 Å². The maximum atomic E-state index is 14.9. The van der Waals surface area contributed by atoms with Gasteiger partial charge in [0, 0.05) is 17.3 Å². The third-order valence-corrected chi connectivity index (χ3v) is 4.84. The van der Waals surface area contributed by atoms with Crippen LogP contribution in [0.1, 0.15) is 12.8 Å². The zero-order chi connectivity index (χ0) is 18.3. The minimum absolute atomic E-state index is 0.363. The van der Waals surface area contributed by atoms with Crippen molar-refractivity contribution in [3.63, 3.8) is 0 Å². The lowest BCUT2D eigenvalue weighted by Crippen LogP contribution is -2.41. The second-order valence-corrected chi connectivity index (χ2v) is 6.39. The molecule has 3 aromatic rings. The van der Waals surface area contributed by atoms with Crippen molar-refractivity contribution in [2.45, 2.75) is 18.9 Å². The molecule has 1 aromatic heterocycles. The average Bonchev–Trinajstić information content (AvgIpc) is 2.95.